The van der Waals surface area contributed by atoms with Crippen LogP contribution in [0.2, 0.25) is 0 Å². The van der Waals surface area contributed by atoms with Gasteiger partial charge in [0.2, 0.25) is 0 Å². The van der Waals surface area contributed by atoms with Crippen LogP contribution in [0, 0.1) is 5.92 Å². The van der Waals surface area contributed by atoms with Crippen LogP contribution in [0.15, 0.2) is 23.5 Å². The first-order valence-corrected chi connectivity index (χ1v) is 5.42. The van der Waals surface area contributed by atoms with Crippen LogP contribution < -0.4 is 0 Å². The predicted octanol–water partition coefficient (Wildman–Crippen LogP) is 3.84. The standard InChI is InChI=1S/C13H22O2/c1-10(2)7-6-8-11(3)9-12(4)15-13(5)14/h7,9,11H,6,8H2,1-5H3/t11-/m0/s1. The largest absolute Gasteiger partial charge is 0.432 e. The number of hydrogen-bond acceptors (Lipinski definition) is 2. The average molecular weight is 210 g/mol. The fraction of sp³-hybridized carbons (Fsp3) is 0.615. The molecule has 0 aromatic heterocycles. The molecule has 2 nitrogen and oxygen atoms in total. The predicted molar refractivity (Wildman–Crippen MR) is 63.4 cm³/mol. The molecule has 0 saturated carbocycles. The van der Waals surface area contributed by atoms with E-state index in [2.05, 4.69) is 26.8 Å². The van der Waals surface area contributed by atoms with E-state index in [1.165, 1.54) is 12.5 Å². The Balaban J connectivity index is 3.95. The highest BCUT2D eigenvalue weighted by Gasteiger charge is 2.00. The summed E-state index contributed by atoms with van der Waals surface area (Å²) in [5.41, 5.74) is 1.35. The van der Waals surface area contributed by atoms with Crippen LogP contribution in [0.4, 0.5) is 0 Å². The lowest BCUT2D eigenvalue weighted by Gasteiger charge is -2.06. The number of ether oxygens (including phenoxy) is 1. The Bertz CT molecular complexity index is 258. The van der Waals surface area contributed by atoms with Gasteiger partial charge in [-0.15, -0.1) is 0 Å². The van der Waals surface area contributed by atoms with Gasteiger partial charge in [0.25, 0.3) is 0 Å². The van der Waals surface area contributed by atoms with Gasteiger partial charge in [-0.05, 0) is 45.6 Å². The Morgan fingerprint density at radius 3 is 2.33 bits per heavy atom. The highest BCUT2D eigenvalue weighted by Crippen LogP contribution is 2.12. The second-order valence-corrected chi connectivity index (χ2v) is 4.21. The van der Waals surface area contributed by atoms with Crippen molar-refractivity contribution in [3.05, 3.63) is 23.5 Å². The first kappa shape index (κ1) is 13.9. The van der Waals surface area contributed by atoms with Crippen LogP contribution in [0.25, 0.3) is 0 Å². The van der Waals surface area contributed by atoms with E-state index in [4.69, 9.17) is 4.74 Å². The summed E-state index contributed by atoms with van der Waals surface area (Å²) < 4.78 is 4.96. The van der Waals surface area contributed by atoms with Gasteiger partial charge in [0, 0.05) is 6.92 Å². The molecule has 0 unspecified atom stereocenters. The summed E-state index contributed by atoms with van der Waals surface area (Å²) in [7, 11) is 0. The first-order valence-electron chi connectivity index (χ1n) is 5.42. The summed E-state index contributed by atoms with van der Waals surface area (Å²) in [6.45, 7) is 9.57. The van der Waals surface area contributed by atoms with Crippen LogP contribution in [-0.2, 0) is 9.53 Å². The van der Waals surface area contributed by atoms with Gasteiger partial charge in [0.15, 0.2) is 0 Å². The van der Waals surface area contributed by atoms with Crippen molar-refractivity contribution in [2.75, 3.05) is 0 Å². The number of rotatable bonds is 5. The smallest absolute Gasteiger partial charge is 0.307 e. The molecule has 0 aromatic carbocycles. The van der Waals surface area contributed by atoms with Gasteiger partial charge in [-0.2, -0.15) is 0 Å². The van der Waals surface area contributed by atoms with Crippen molar-refractivity contribution < 1.29 is 9.53 Å². The molecule has 0 fully saturated rings. The molecular weight excluding hydrogens is 188 g/mol. The molecule has 15 heavy (non-hydrogen) atoms. The molecule has 1 atom stereocenters. The van der Waals surface area contributed by atoms with Crippen molar-refractivity contribution in [1.29, 1.82) is 0 Å². The summed E-state index contributed by atoms with van der Waals surface area (Å²) in [4.78, 5) is 10.7. The zero-order chi connectivity index (χ0) is 11.8. The van der Waals surface area contributed by atoms with Crippen molar-refractivity contribution >= 4 is 5.97 Å². The number of allylic oxidation sites excluding steroid dienone is 4. The average Bonchev–Trinajstić information content (AvgIpc) is 2.00. The molecule has 2 heteroatoms. The third-order valence-electron chi connectivity index (χ3n) is 2.00. The zero-order valence-electron chi connectivity index (χ0n) is 10.5. The molecule has 0 N–H and O–H groups in total. The molecule has 86 valence electrons. The van der Waals surface area contributed by atoms with Gasteiger partial charge >= 0.3 is 5.97 Å². The van der Waals surface area contributed by atoms with Gasteiger partial charge < -0.3 is 4.74 Å². The zero-order valence-corrected chi connectivity index (χ0v) is 10.5. The molecule has 0 spiro atoms. The second-order valence-electron chi connectivity index (χ2n) is 4.21. The fourth-order valence-corrected chi connectivity index (χ4v) is 1.38. The minimum Gasteiger partial charge on any atom is -0.432 e. The number of hydrogen-bond donors (Lipinski definition) is 0. The van der Waals surface area contributed by atoms with Crippen LogP contribution in [0.3, 0.4) is 0 Å². The highest BCUT2D eigenvalue weighted by molar-refractivity contribution is 5.67. The molecule has 0 aliphatic heterocycles. The Labute approximate surface area is 93.0 Å². The van der Waals surface area contributed by atoms with Crippen molar-refractivity contribution in [1.82, 2.24) is 0 Å². The lowest BCUT2D eigenvalue weighted by atomic mass is 10.0. The summed E-state index contributed by atoms with van der Waals surface area (Å²) in [6, 6.07) is 0. The molecule has 0 amide bonds. The molecule has 0 rings (SSSR count). The van der Waals surface area contributed by atoms with Gasteiger partial charge in [-0.25, -0.2) is 0 Å². The van der Waals surface area contributed by atoms with Crippen LogP contribution in [-0.4, -0.2) is 5.97 Å². The number of carbonyl (C=O) groups is 1. The summed E-state index contributed by atoms with van der Waals surface area (Å²) in [6.07, 6.45) is 6.39. The second kappa shape index (κ2) is 7.27. The van der Waals surface area contributed by atoms with E-state index in [1.54, 1.807) is 0 Å². The van der Waals surface area contributed by atoms with E-state index < -0.39 is 0 Å². The van der Waals surface area contributed by atoms with E-state index in [-0.39, 0.29) is 5.97 Å². The lowest BCUT2D eigenvalue weighted by molar-refractivity contribution is -0.136. The molecule has 0 aromatic rings. The summed E-state index contributed by atoms with van der Waals surface area (Å²) in [5, 5.41) is 0. The highest BCUT2D eigenvalue weighted by atomic mass is 16.5. The van der Waals surface area contributed by atoms with Crippen LogP contribution >= 0.6 is 0 Å². The van der Waals surface area contributed by atoms with Crippen molar-refractivity contribution in [3.8, 4) is 0 Å². The maximum atomic E-state index is 10.7. The molecule has 0 heterocycles. The molecule has 0 saturated heterocycles. The van der Waals surface area contributed by atoms with Gasteiger partial charge in [0.1, 0.15) is 5.76 Å². The van der Waals surface area contributed by atoms with Gasteiger partial charge in [-0.3, -0.25) is 4.79 Å². The Kier molecular flexibility index (Phi) is 6.76. The maximum Gasteiger partial charge on any atom is 0.307 e. The monoisotopic (exact) mass is 210 g/mol. The summed E-state index contributed by atoms with van der Waals surface area (Å²) in [5.74, 6) is 0.896. The van der Waals surface area contributed by atoms with E-state index >= 15 is 0 Å². The van der Waals surface area contributed by atoms with Crippen molar-refractivity contribution in [3.63, 3.8) is 0 Å². The topological polar surface area (TPSA) is 26.3 Å². The number of esters is 1. The van der Waals surface area contributed by atoms with E-state index in [0.717, 1.165) is 12.8 Å². The van der Waals surface area contributed by atoms with Crippen molar-refractivity contribution in [2.45, 2.75) is 47.5 Å². The van der Waals surface area contributed by atoms with Crippen molar-refractivity contribution in [2.24, 2.45) is 5.92 Å². The normalized spacial score (nSPS) is 13.3. The minimum atomic E-state index is -0.250. The lowest BCUT2D eigenvalue weighted by Crippen LogP contribution is -1.98. The van der Waals surface area contributed by atoms with Crippen LogP contribution in [0.5, 0.6) is 0 Å². The first-order chi connectivity index (χ1) is 6.91. The molecule has 0 radical (unpaired) electrons. The van der Waals surface area contributed by atoms with Gasteiger partial charge in [-0.1, -0.05) is 18.6 Å². The molecule has 0 aliphatic rings. The molecule has 0 bridgehead atoms. The quantitative estimate of drug-likeness (QED) is 0.391. The van der Waals surface area contributed by atoms with E-state index in [0.29, 0.717) is 11.7 Å². The maximum absolute atomic E-state index is 10.7. The molecule has 0 aliphatic carbocycles. The SMILES string of the molecule is CC(=O)OC(C)=C[C@@H](C)CCC=C(C)C. The van der Waals surface area contributed by atoms with E-state index in [9.17, 15) is 4.79 Å². The van der Waals surface area contributed by atoms with E-state index in [1.807, 2.05) is 13.0 Å². The van der Waals surface area contributed by atoms with Gasteiger partial charge in [0.05, 0.1) is 0 Å². The third-order valence-corrected chi connectivity index (χ3v) is 2.00. The summed E-state index contributed by atoms with van der Waals surface area (Å²) >= 11 is 0. The minimum absolute atomic E-state index is 0.250. The van der Waals surface area contributed by atoms with Crippen LogP contribution in [0.1, 0.15) is 47.5 Å². The fourth-order valence-electron chi connectivity index (χ4n) is 1.38. The Morgan fingerprint density at radius 2 is 1.87 bits per heavy atom. The third kappa shape index (κ3) is 9.26. The Morgan fingerprint density at radius 1 is 1.27 bits per heavy atom. The Hall–Kier alpha value is -1.05. The number of carbonyl (C=O) groups excluding carboxylic acids is 1. The molecular formula is C13H22O2.